The van der Waals surface area contributed by atoms with Gasteiger partial charge in [-0.3, -0.25) is 5.32 Å². The number of nitrogens with one attached hydrogen (secondary N) is 2. The third-order valence-corrected chi connectivity index (χ3v) is 5.18. The van der Waals surface area contributed by atoms with Crippen LogP contribution in [0.15, 0.2) is 52.0 Å². The van der Waals surface area contributed by atoms with Crippen molar-refractivity contribution in [2.75, 3.05) is 5.32 Å². The molecule has 2 unspecified atom stereocenters. The number of anilines is 1. The molecule has 0 bridgehead atoms. The van der Waals surface area contributed by atoms with E-state index < -0.39 is 17.7 Å². The van der Waals surface area contributed by atoms with E-state index in [1.165, 1.54) is 0 Å². The highest BCUT2D eigenvalue weighted by atomic mass is 16.5. The van der Waals surface area contributed by atoms with Gasteiger partial charge in [0.05, 0.1) is 11.6 Å². The smallest absolute Gasteiger partial charge is 0.257 e. The van der Waals surface area contributed by atoms with Gasteiger partial charge in [0.15, 0.2) is 12.0 Å². The van der Waals surface area contributed by atoms with Crippen LogP contribution < -0.4 is 15.4 Å². The van der Waals surface area contributed by atoms with Crippen LogP contribution in [0.25, 0.3) is 11.5 Å². The van der Waals surface area contributed by atoms with Crippen molar-refractivity contribution < 1.29 is 14.4 Å². The minimum atomic E-state index is -1.04. The number of benzene rings is 2. The Morgan fingerprint density at radius 3 is 2.73 bits per heavy atom. The molecule has 1 aromatic heterocycles. The van der Waals surface area contributed by atoms with E-state index in [2.05, 4.69) is 31.8 Å². The first-order valence-corrected chi connectivity index (χ1v) is 10.1. The van der Waals surface area contributed by atoms with E-state index in [1.807, 2.05) is 12.3 Å². The maximum atomic E-state index is 11.0. The molecule has 4 rings (SSSR count). The summed E-state index contributed by atoms with van der Waals surface area (Å²) in [4.78, 5) is 8.82. The van der Waals surface area contributed by atoms with Crippen LogP contribution >= 0.6 is 0 Å². The van der Waals surface area contributed by atoms with Gasteiger partial charge in [0.2, 0.25) is 5.96 Å². The van der Waals surface area contributed by atoms with Gasteiger partial charge in [-0.2, -0.15) is 15.5 Å². The van der Waals surface area contributed by atoms with Gasteiger partial charge < -0.3 is 19.7 Å². The van der Waals surface area contributed by atoms with Crippen LogP contribution in [-0.4, -0.2) is 32.9 Å². The molecule has 3 aromatic rings. The fraction of sp³-hybridized carbons (Fsp3) is 0.261. The summed E-state index contributed by atoms with van der Waals surface area (Å²) in [6, 6.07) is 13.4. The van der Waals surface area contributed by atoms with Crippen LogP contribution in [0, 0.1) is 29.7 Å². The molecule has 0 fully saturated rings. The second-order valence-electron chi connectivity index (χ2n) is 8.03. The Morgan fingerprint density at radius 1 is 1.21 bits per heavy atom. The van der Waals surface area contributed by atoms with Crippen LogP contribution in [-0.2, 0) is 0 Å². The summed E-state index contributed by atoms with van der Waals surface area (Å²) in [5, 5.41) is 39.0. The van der Waals surface area contributed by atoms with E-state index in [-0.39, 0.29) is 5.96 Å². The zero-order chi connectivity index (χ0) is 23.6. The molecule has 2 aromatic carbocycles. The predicted octanol–water partition coefficient (Wildman–Crippen LogP) is 3.03. The summed E-state index contributed by atoms with van der Waals surface area (Å²) in [6.45, 7) is 5.23. The van der Waals surface area contributed by atoms with Crippen molar-refractivity contribution in [2.24, 2.45) is 4.99 Å². The summed E-state index contributed by atoms with van der Waals surface area (Å²) in [5.41, 5.74) is 1.32. The predicted molar refractivity (Wildman–Crippen MR) is 119 cm³/mol. The Bertz CT molecular complexity index is 1300. The highest BCUT2D eigenvalue weighted by Gasteiger charge is 2.43. The summed E-state index contributed by atoms with van der Waals surface area (Å²) in [5.74, 6) is 1.51. The number of hydrogen-bond acceptors (Lipinski definition) is 8. The number of aliphatic imine (C=N–C) groups is 1. The van der Waals surface area contributed by atoms with E-state index in [0.29, 0.717) is 39.8 Å². The average molecular weight is 443 g/mol. The summed E-state index contributed by atoms with van der Waals surface area (Å²) in [6.07, 6.45) is 0.822. The van der Waals surface area contributed by atoms with Gasteiger partial charge in [0, 0.05) is 16.8 Å². The minimum Gasteiger partial charge on any atom is -0.485 e. The number of fused-ring (bicyclic) bond motifs is 1. The number of aliphatic hydroxyl groups excluding tert-OH is 1. The van der Waals surface area contributed by atoms with Crippen molar-refractivity contribution in [3.05, 3.63) is 59.4 Å². The summed E-state index contributed by atoms with van der Waals surface area (Å²) < 4.78 is 11.1. The van der Waals surface area contributed by atoms with Gasteiger partial charge in [-0.05, 0) is 57.2 Å². The van der Waals surface area contributed by atoms with Gasteiger partial charge in [-0.1, -0.05) is 11.2 Å². The Hall–Kier alpha value is -4.41. The Balaban J connectivity index is 1.71. The standard InChI is InChI=1S/C23H21N7O3/c1-13-27-21(33-30-13)15-5-4-6-16(10-15)28-22(26-12-25)29-19-17-9-14(11-24)7-8-18(17)32-23(2,3)20(19)31/h4-10,19-20,31H,1-3H3,(H2,26,28,29). The lowest BCUT2D eigenvalue weighted by atomic mass is 9.86. The average Bonchev–Trinajstić information content (AvgIpc) is 3.23. The van der Waals surface area contributed by atoms with Crippen molar-refractivity contribution in [1.29, 1.82) is 10.5 Å². The normalized spacial score (nSPS) is 18.9. The fourth-order valence-corrected chi connectivity index (χ4v) is 3.55. The summed E-state index contributed by atoms with van der Waals surface area (Å²) >= 11 is 0. The Morgan fingerprint density at radius 2 is 2.03 bits per heavy atom. The quantitative estimate of drug-likeness (QED) is 0.240. The lowest BCUT2D eigenvalue weighted by Gasteiger charge is -2.40. The molecule has 0 amide bonds. The molecule has 2 atom stereocenters. The van der Waals surface area contributed by atoms with Crippen molar-refractivity contribution in [3.63, 3.8) is 0 Å². The lowest BCUT2D eigenvalue weighted by molar-refractivity contribution is -0.0567. The number of nitrogens with zero attached hydrogens (tertiary/aromatic N) is 5. The van der Waals surface area contributed by atoms with Gasteiger partial charge in [0.1, 0.15) is 23.5 Å². The molecular weight excluding hydrogens is 422 g/mol. The molecule has 10 nitrogen and oxygen atoms in total. The first-order valence-electron chi connectivity index (χ1n) is 10.1. The number of rotatable bonds is 3. The van der Waals surface area contributed by atoms with E-state index in [1.54, 1.807) is 57.2 Å². The molecule has 0 saturated carbocycles. The number of aromatic nitrogens is 2. The van der Waals surface area contributed by atoms with Crippen LogP contribution in [0.5, 0.6) is 5.75 Å². The molecule has 0 saturated heterocycles. The molecule has 10 heteroatoms. The molecule has 0 aliphatic carbocycles. The minimum absolute atomic E-state index is 0.117. The van der Waals surface area contributed by atoms with E-state index in [9.17, 15) is 15.6 Å². The number of aliphatic hydroxyl groups is 1. The first kappa shape index (κ1) is 21.8. The molecule has 0 radical (unpaired) electrons. The maximum absolute atomic E-state index is 11.0. The Kier molecular flexibility index (Phi) is 5.69. The molecule has 2 heterocycles. The second kappa shape index (κ2) is 8.61. The molecule has 3 N–H and O–H groups in total. The first-order chi connectivity index (χ1) is 15.8. The molecule has 1 aliphatic rings. The monoisotopic (exact) mass is 443 g/mol. The van der Waals surface area contributed by atoms with Crippen LogP contribution in [0.2, 0.25) is 0 Å². The van der Waals surface area contributed by atoms with Gasteiger partial charge in [-0.25, -0.2) is 4.99 Å². The number of guanidine groups is 1. The van der Waals surface area contributed by atoms with Crippen molar-refractivity contribution in [2.45, 2.75) is 38.5 Å². The van der Waals surface area contributed by atoms with Crippen molar-refractivity contribution in [3.8, 4) is 29.5 Å². The summed E-state index contributed by atoms with van der Waals surface area (Å²) in [7, 11) is 0. The van der Waals surface area contributed by atoms with Gasteiger partial charge in [0.25, 0.3) is 5.89 Å². The number of hydrogen-bond donors (Lipinski definition) is 3. The van der Waals surface area contributed by atoms with E-state index >= 15 is 0 Å². The molecule has 1 aliphatic heterocycles. The zero-order valence-corrected chi connectivity index (χ0v) is 18.2. The van der Waals surface area contributed by atoms with E-state index in [4.69, 9.17) is 9.26 Å². The van der Waals surface area contributed by atoms with E-state index in [0.717, 1.165) is 0 Å². The van der Waals surface area contributed by atoms with Crippen LogP contribution in [0.4, 0.5) is 5.69 Å². The fourth-order valence-electron chi connectivity index (χ4n) is 3.55. The number of aryl methyl sites for hydroxylation is 1. The molecule has 166 valence electrons. The number of ether oxygens (including phenoxy) is 1. The topological polar surface area (TPSA) is 152 Å². The number of nitriles is 2. The highest BCUT2D eigenvalue weighted by Crippen LogP contribution is 2.42. The third-order valence-electron chi connectivity index (χ3n) is 5.18. The van der Waals surface area contributed by atoms with Crippen molar-refractivity contribution in [1.82, 2.24) is 15.5 Å². The van der Waals surface area contributed by atoms with Crippen molar-refractivity contribution >= 4 is 11.6 Å². The zero-order valence-electron chi connectivity index (χ0n) is 18.2. The molecule has 0 spiro atoms. The largest absolute Gasteiger partial charge is 0.485 e. The van der Waals surface area contributed by atoms with Crippen LogP contribution in [0.1, 0.15) is 36.8 Å². The maximum Gasteiger partial charge on any atom is 0.257 e. The van der Waals surface area contributed by atoms with Gasteiger partial charge in [-0.15, -0.1) is 0 Å². The SMILES string of the molecule is Cc1noc(-c2cccc(NC(=NC3c4cc(C#N)ccc4OC(C)(C)C3O)NC#N)c2)n1. The third kappa shape index (κ3) is 4.47. The molecule has 33 heavy (non-hydrogen) atoms. The van der Waals surface area contributed by atoms with Crippen LogP contribution in [0.3, 0.4) is 0 Å². The lowest BCUT2D eigenvalue weighted by Crippen LogP contribution is -2.49. The van der Waals surface area contributed by atoms with Gasteiger partial charge >= 0.3 is 0 Å². The second-order valence-corrected chi connectivity index (χ2v) is 8.03. The molecular formula is C23H21N7O3. The Labute approximate surface area is 190 Å². The highest BCUT2D eigenvalue weighted by molar-refractivity contribution is 5.95.